The van der Waals surface area contributed by atoms with Gasteiger partial charge in [0.1, 0.15) is 5.82 Å². The maximum atomic E-state index is 13.8. The molecule has 0 aliphatic rings. The van der Waals surface area contributed by atoms with Crippen LogP contribution in [0.15, 0.2) is 53.4 Å². The Balaban J connectivity index is 2.16. The molecule has 0 aliphatic heterocycles. The maximum Gasteiger partial charge on any atom is 0.195 e. The van der Waals surface area contributed by atoms with Crippen LogP contribution in [-0.4, -0.2) is 15.7 Å². The zero-order valence-electron chi connectivity index (χ0n) is 14.5. The molecule has 0 aliphatic carbocycles. The van der Waals surface area contributed by atoms with Crippen LogP contribution in [0.4, 0.5) is 4.39 Å². The summed E-state index contributed by atoms with van der Waals surface area (Å²) in [5.74, 6) is -0.183. The van der Waals surface area contributed by atoms with Gasteiger partial charge in [0.25, 0.3) is 0 Å². The van der Waals surface area contributed by atoms with Gasteiger partial charge in [-0.1, -0.05) is 37.6 Å². The van der Waals surface area contributed by atoms with E-state index < -0.39 is 16.6 Å². The minimum absolute atomic E-state index is 0.251. The zero-order chi connectivity index (χ0) is 18.8. The Morgan fingerprint density at radius 2 is 1.81 bits per heavy atom. The summed E-state index contributed by atoms with van der Waals surface area (Å²) in [6, 6.07) is 13.0. The van der Waals surface area contributed by atoms with Crippen LogP contribution in [0.2, 0.25) is 5.02 Å². The number of carbonyl (C=O) groups excluding carboxylic acids is 1. The minimum Gasteiger partial charge on any atom is -0.289 e. The third kappa shape index (κ3) is 3.57. The Bertz CT molecular complexity index is 1030. The number of aryl methyl sites for hydroxylation is 1. The first-order valence-corrected chi connectivity index (χ1v) is 10.1. The van der Waals surface area contributed by atoms with Gasteiger partial charge in [0.05, 0.1) is 15.8 Å². The number of hydrogen-bond acceptors (Lipinski definition) is 2. The van der Waals surface area contributed by atoms with Crippen LogP contribution in [0.3, 0.4) is 0 Å². The number of carbonyl (C=O) groups is 1. The lowest BCUT2D eigenvalue weighted by Gasteiger charge is -2.11. The molecule has 3 rings (SSSR count). The van der Waals surface area contributed by atoms with Crippen molar-refractivity contribution in [3.63, 3.8) is 0 Å². The Kier molecular flexibility index (Phi) is 5.54. The van der Waals surface area contributed by atoms with Crippen molar-refractivity contribution in [2.45, 2.75) is 25.2 Å². The van der Waals surface area contributed by atoms with Crippen LogP contribution < -0.4 is 0 Å². The monoisotopic (exact) mass is 388 g/mol. The fourth-order valence-corrected chi connectivity index (χ4v) is 4.05. The van der Waals surface area contributed by atoms with E-state index in [2.05, 4.69) is 0 Å². The van der Waals surface area contributed by atoms with Gasteiger partial charge in [0.2, 0.25) is 0 Å². The van der Waals surface area contributed by atoms with Crippen molar-refractivity contribution >= 4 is 39.0 Å². The summed E-state index contributed by atoms with van der Waals surface area (Å²) in [6.45, 7) is 3.82. The second-order valence-corrected chi connectivity index (χ2v) is 8.11. The molecule has 0 aromatic heterocycles. The summed E-state index contributed by atoms with van der Waals surface area (Å²) in [7, 11) is -1.14. The molecule has 134 valence electrons. The standard InChI is InChI=1S/C21H18ClFO2S/c1-3-13-9-14-5-6-15(23)11-18(14)19(10-13)21(24)17-8-7-16(12-20(17)22)26(25)4-2/h5-12H,3-4H2,1-2H3. The van der Waals surface area contributed by atoms with Gasteiger partial charge in [-0.2, -0.15) is 0 Å². The van der Waals surface area contributed by atoms with Crippen molar-refractivity contribution in [2.24, 2.45) is 0 Å². The first-order valence-electron chi connectivity index (χ1n) is 8.39. The van der Waals surface area contributed by atoms with Crippen LogP contribution in [0, 0.1) is 5.82 Å². The molecule has 0 heterocycles. The van der Waals surface area contributed by atoms with E-state index in [4.69, 9.17) is 11.6 Å². The molecule has 0 bridgehead atoms. The maximum absolute atomic E-state index is 13.8. The predicted molar refractivity (Wildman–Crippen MR) is 105 cm³/mol. The van der Waals surface area contributed by atoms with Gasteiger partial charge in [0, 0.05) is 21.8 Å². The molecule has 0 saturated heterocycles. The number of rotatable bonds is 5. The van der Waals surface area contributed by atoms with E-state index in [9.17, 15) is 13.4 Å². The Labute approximate surface area is 159 Å². The first kappa shape index (κ1) is 18.7. The Morgan fingerprint density at radius 1 is 1.04 bits per heavy atom. The minimum atomic E-state index is -1.14. The molecule has 0 spiro atoms. The summed E-state index contributed by atoms with van der Waals surface area (Å²) in [5, 5.41) is 1.62. The molecule has 5 heteroatoms. The van der Waals surface area contributed by atoms with E-state index in [0.717, 1.165) is 17.4 Å². The normalized spacial score (nSPS) is 12.3. The molecule has 1 atom stereocenters. The zero-order valence-corrected chi connectivity index (χ0v) is 16.1. The van der Waals surface area contributed by atoms with Gasteiger partial charge in [-0.25, -0.2) is 4.39 Å². The molecule has 0 radical (unpaired) electrons. The fourth-order valence-electron chi connectivity index (χ4n) is 2.92. The molecule has 0 saturated carbocycles. The molecular formula is C21H18ClFO2S. The summed E-state index contributed by atoms with van der Waals surface area (Å²) < 4.78 is 25.7. The number of benzene rings is 3. The van der Waals surface area contributed by atoms with E-state index in [1.165, 1.54) is 12.1 Å². The van der Waals surface area contributed by atoms with E-state index in [0.29, 0.717) is 27.2 Å². The highest BCUT2D eigenvalue weighted by atomic mass is 35.5. The number of fused-ring (bicyclic) bond motifs is 1. The number of ketones is 1. The van der Waals surface area contributed by atoms with Crippen molar-refractivity contribution < 1.29 is 13.4 Å². The van der Waals surface area contributed by atoms with Crippen molar-refractivity contribution in [3.05, 3.63) is 76.1 Å². The quantitative estimate of drug-likeness (QED) is 0.537. The summed E-state index contributed by atoms with van der Waals surface area (Å²) in [5.41, 5.74) is 1.74. The van der Waals surface area contributed by atoms with Crippen LogP contribution in [-0.2, 0) is 17.2 Å². The van der Waals surface area contributed by atoms with Gasteiger partial charge >= 0.3 is 0 Å². The van der Waals surface area contributed by atoms with Crippen molar-refractivity contribution in [1.82, 2.24) is 0 Å². The topological polar surface area (TPSA) is 34.1 Å². The van der Waals surface area contributed by atoms with Crippen LogP contribution >= 0.6 is 11.6 Å². The highest BCUT2D eigenvalue weighted by Gasteiger charge is 2.18. The molecule has 26 heavy (non-hydrogen) atoms. The molecule has 0 N–H and O–H groups in total. The highest BCUT2D eigenvalue weighted by Crippen LogP contribution is 2.28. The predicted octanol–water partition coefficient (Wildman–Crippen LogP) is 5.55. The van der Waals surface area contributed by atoms with Gasteiger partial charge in [-0.05, 0) is 59.2 Å². The van der Waals surface area contributed by atoms with E-state index in [1.807, 2.05) is 19.9 Å². The van der Waals surface area contributed by atoms with E-state index >= 15 is 0 Å². The smallest absolute Gasteiger partial charge is 0.195 e. The lowest BCUT2D eigenvalue weighted by Crippen LogP contribution is -2.05. The molecule has 3 aromatic carbocycles. The number of halogens is 2. The summed E-state index contributed by atoms with van der Waals surface area (Å²) in [6.07, 6.45) is 0.760. The van der Waals surface area contributed by atoms with Crippen molar-refractivity contribution in [2.75, 3.05) is 5.75 Å². The van der Waals surface area contributed by atoms with E-state index in [-0.39, 0.29) is 10.8 Å². The van der Waals surface area contributed by atoms with Crippen LogP contribution in [0.1, 0.15) is 35.3 Å². The van der Waals surface area contributed by atoms with E-state index in [1.54, 1.807) is 30.3 Å². The molecule has 2 nitrogen and oxygen atoms in total. The molecule has 0 fully saturated rings. The summed E-state index contributed by atoms with van der Waals surface area (Å²) in [4.78, 5) is 13.7. The first-order chi connectivity index (χ1) is 12.4. The summed E-state index contributed by atoms with van der Waals surface area (Å²) >= 11 is 6.30. The van der Waals surface area contributed by atoms with Gasteiger partial charge < -0.3 is 0 Å². The highest BCUT2D eigenvalue weighted by molar-refractivity contribution is 7.85. The Morgan fingerprint density at radius 3 is 2.46 bits per heavy atom. The molecular weight excluding hydrogens is 371 g/mol. The SMILES string of the molecule is CCc1cc(C(=O)c2ccc(S(=O)CC)cc2Cl)c2cc(F)ccc2c1. The third-order valence-electron chi connectivity index (χ3n) is 4.34. The van der Waals surface area contributed by atoms with Crippen molar-refractivity contribution in [1.29, 1.82) is 0 Å². The molecule has 1 unspecified atom stereocenters. The second kappa shape index (κ2) is 7.68. The largest absolute Gasteiger partial charge is 0.289 e. The van der Waals surface area contributed by atoms with Crippen LogP contribution in [0.25, 0.3) is 10.8 Å². The second-order valence-electron chi connectivity index (χ2n) is 5.97. The number of hydrogen-bond donors (Lipinski definition) is 0. The lowest BCUT2D eigenvalue weighted by atomic mass is 9.94. The molecule has 0 amide bonds. The fraction of sp³-hybridized carbons (Fsp3) is 0.190. The van der Waals surface area contributed by atoms with Crippen molar-refractivity contribution in [3.8, 4) is 0 Å². The molecule has 3 aromatic rings. The van der Waals surface area contributed by atoms with Crippen LogP contribution in [0.5, 0.6) is 0 Å². The van der Waals surface area contributed by atoms with Gasteiger partial charge in [-0.3, -0.25) is 9.00 Å². The third-order valence-corrected chi connectivity index (χ3v) is 5.96. The van der Waals surface area contributed by atoms with Gasteiger partial charge in [-0.15, -0.1) is 0 Å². The Hall–Kier alpha value is -2.04. The van der Waals surface area contributed by atoms with Gasteiger partial charge in [0.15, 0.2) is 5.78 Å². The average molecular weight is 389 g/mol. The average Bonchev–Trinajstić information content (AvgIpc) is 2.65. The lowest BCUT2D eigenvalue weighted by molar-refractivity contribution is 0.104.